The Hall–Kier alpha value is -1.77. The number of esters is 1. The standard InChI is InChI=1S/C39H61NO7/c1-23(2)24(3)34(5)16-17-36(7)26-12-13-29-35(6)20-45-22-39(29,27(26)18-30(42)37(36,8)31(34)33(43)44)19-28(47-25(4)41)32(35)46-21-38(40)14-10-9-11-15-38/h18,23-24,26,28-29,31-32H,9-17,19-22,40H2,1-8H3,(H,43,44)/t24-,26+,28-,29+,31-,32+,34-,35-,36-,37+,39+/m1/s1. The number of carboxylic acids is 1. The van der Waals surface area contributed by atoms with Crippen molar-refractivity contribution in [2.75, 3.05) is 19.8 Å². The first-order chi connectivity index (χ1) is 21.9. The minimum Gasteiger partial charge on any atom is -0.481 e. The lowest BCUT2D eigenvalue weighted by Crippen LogP contribution is -2.71. The van der Waals surface area contributed by atoms with Gasteiger partial charge in [-0.1, -0.05) is 73.3 Å². The highest BCUT2D eigenvalue weighted by atomic mass is 16.6. The van der Waals surface area contributed by atoms with Gasteiger partial charge in [0.05, 0.1) is 25.7 Å². The van der Waals surface area contributed by atoms with E-state index in [-0.39, 0.29) is 41.1 Å². The summed E-state index contributed by atoms with van der Waals surface area (Å²) in [6.07, 6.45) is 10.2. The number of rotatable bonds is 7. The smallest absolute Gasteiger partial charge is 0.308 e. The van der Waals surface area contributed by atoms with Crippen LogP contribution in [-0.4, -0.2) is 60.4 Å². The molecule has 5 fully saturated rings. The van der Waals surface area contributed by atoms with Crippen LogP contribution in [0.25, 0.3) is 0 Å². The lowest BCUT2D eigenvalue weighted by Gasteiger charge is -2.70. The van der Waals surface area contributed by atoms with Gasteiger partial charge in [0.2, 0.25) is 0 Å². The molecule has 6 rings (SSSR count). The van der Waals surface area contributed by atoms with E-state index >= 15 is 0 Å². The fourth-order valence-electron chi connectivity index (χ4n) is 12.6. The highest BCUT2D eigenvalue weighted by Gasteiger charge is 2.74. The molecule has 0 aromatic carbocycles. The molecule has 8 nitrogen and oxygen atoms in total. The Morgan fingerprint density at radius 3 is 2.32 bits per heavy atom. The minimum absolute atomic E-state index is 0.0400. The van der Waals surface area contributed by atoms with Crippen LogP contribution < -0.4 is 5.73 Å². The second kappa shape index (κ2) is 11.7. The summed E-state index contributed by atoms with van der Waals surface area (Å²) >= 11 is 0. The second-order valence-electron chi connectivity index (χ2n) is 18.2. The van der Waals surface area contributed by atoms with Gasteiger partial charge in [-0.15, -0.1) is 0 Å². The van der Waals surface area contributed by atoms with Gasteiger partial charge in [-0.25, -0.2) is 0 Å². The molecule has 0 unspecified atom stereocenters. The number of hydrogen-bond acceptors (Lipinski definition) is 7. The summed E-state index contributed by atoms with van der Waals surface area (Å²) in [4.78, 5) is 40.8. The maximum absolute atomic E-state index is 14.8. The summed E-state index contributed by atoms with van der Waals surface area (Å²) in [6.45, 7) is 17.9. The van der Waals surface area contributed by atoms with Gasteiger partial charge in [0.1, 0.15) is 12.2 Å². The fraction of sp³-hybridized carbons (Fsp3) is 0.872. The first-order valence-corrected chi connectivity index (χ1v) is 18.5. The van der Waals surface area contributed by atoms with Crippen molar-refractivity contribution in [2.24, 2.45) is 62.4 Å². The van der Waals surface area contributed by atoms with Crippen LogP contribution in [0.5, 0.6) is 0 Å². The highest BCUT2D eigenvalue weighted by molar-refractivity contribution is 6.00. The zero-order chi connectivity index (χ0) is 34.4. The van der Waals surface area contributed by atoms with Crippen molar-refractivity contribution < 1.29 is 33.7 Å². The van der Waals surface area contributed by atoms with Gasteiger partial charge >= 0.3 is 11.9 Å². The number of carboxylic acid groups (broad SMARTS) is 1. The van der Waals surface area contributed by atoms with E-state index in [1.54, 1.807) is 0 Å². The van der Waals surface area contributed by atoms with E-state index in [4.69, 9.17) is 19.9 Å². The summed E-state index contributed by atoms with van der Waals surface area (Å²) < 4.78 is 19.5. The zero-order valence-electron chi connectivity index (χ0n) is 30.3. The SMILES string of the molecule is CC(=O)O[C@@H]1C[C@@]23COC[C@](C)([C@@H]2CC[C@H]2C3=CC(=O)[C@@]3(C)[C@H](C(=O)O)[C@@](C)([C@H](C)C(C)C)CC[C@]23C)[C@H]1OCC1(N)CCCCC1. The molecule has 0 aromatic heterocycles. The number of hydrogen-bond donors (Lipinski definition) is 2. The van der Waals surface area contributed by atoms with Crippen LogP contribution in [0.2, 0.25) is 0 Å². The third kappa shape index (κ3) is 4.95. The normalized spacial score (nSPS) is 46.4. The third-order valence-corrected chi connectivity index (χ3v) is 15.7. The summed E-state index contributed by atoms with van der Waals surface area (Å²) in [5.41, 5.74) is 4.56. The molecule has 0 spiro atoms. The van der Waals surface area contributed by atoms with Gasteiger partial charge in [0.25, 0.3) is 0 Å². The second-order valence-corrected chi connectivity index (χ2v) is 18.2. The molecule has 1 heterocycles. The van der Waals surface area contributed by atoms with Gasteiger partial charge in [0.15, 0.2) is 5.78 Å². The van der Waals surface area contributed by atoms with Crippen molar-refractivity contribution in [1.29, 1.82) is 0 Å². The van der Waals surface area contributed by atoms with E-state index in [0.717, 1.165) is 56.9 Å². The van der Waals surface area contributed by atoms with E-state index in [1.165, 1.54) is 13.3 Å². The molecule has 0 aromatic rings. The molecule has 4 saturated carbocycles. The predicted molar refractivity (Wildman–Crippen MR) is 179 cm³/mol. The van der Waals surface area contributed by atoms with Crippen LogP contribution in [-0.2, 0) is 28.6 Å². The first kappa shape index (κ1) is 35.1. The molecular weight excluding hydrogens is 594 g/mol. The van der Waals surface area contributed by atoms with Crippen LogP contribution in [0, 0.1) is 56.7 Å². The van der Waals surface area contributed by atoms with Crippen LogP contribution in [0.4, 0.5) is 0 Å². The maximum atomic E-state index is 14.8. The predicted octanol–water partition coefficient (Wildman–Crippen LogP) is 6.73. The third-order valence-electron chi connectivity index (χ3n) is 15.7. The maximum Gasteiger partial charge on any atom is 0.308 e. The fourth-order valence-corrected chi connectivity index (χ4v) is 12.6. The average Bonchev–Trinajstić information content (AvgIpc) is 2.98. The number of carbonyl (C=O) groups excluding carboxylic acids is 2. The largest absolute Gasteiger partial charge is 0.481 e. The number of allylic oxidation sites excluding steroid dienone is 1. The Morgan fingerprint density at radius 1 is 1.02 bits per heavy atom. The van der Waals surface area contributed by atoms with Gasteiger partial charge < -0.3 is 25.1 Å². The molecule has 1 aliphatic heterocycles. The average molecular weight is 656 g/mol. The van der Waals surface area contributed by atoms with Crippen molar-refractivity contribution in [3.8, 4) is 0 Å². The molecule has 3 N–H and O–H groups in total. The number of carbonyl (C=O) groups is 3. The van der Waals surface area contributed by atoms with Crippen LogP contribution >= 0.6 is 0 Å². The Bertz CT molecular complexity index is 1320. The molecule has 8 heteroatoms. The van der Waals surface area contributed by atoms with Crippen LogP contribution in [0.3, 0.4) is 0 Å². The van der Waals surface area contributed by atoms with Crippen molar-refractivity contribution in [3.05, 3.63) is 11.6 Å². The molecule has 0 amide bonds. The lowest BCUT2D eigenvalue weighted by atomic mass is 9.34. The topological polar surface area (TPSA) is 125 Å². The van der Waals surface area contributed by atoms with Crippen molar-refractivity contribution in [3.63, 3.8) is 0 Å². The van der Waals surface area contributed by atoms with Crippen molar-refractivity contribution >= 4 is 17.7 Å². The molecule has 0 radical (unpaired) electrons. The number of ether oxygens (including phenoxy) is 3. The molecule has 47 heavy (non-hydrogen) atoms. The van der Waals surface area contributed by atoms with Gasteiger partial charge in [0, 0.05) is 28.7 Å². The molecule has 2 bridgehead atoms. The van der Waals surface area contributed by atoms with Gasteiger partial charge in [-0.2, -0.15) is 0 Å². The Morgan fingerprint density at radius 2 is 1.70 bits per heavy atom. The van der Waals surface area contributed by atoms with Crippen molar-refractivity contribution in [2.45, 2.75) is 137 Å². The molecule has 1 saturated heterocycles. The van der Waals surface area contributed by atoms with Crippen LogP contribution in [0.15, 0.2) is 11.6 Å². The Balaban J connectivity index is 1.42. The Labute approximate surface area is 282 Å². The Kier molecular flexibility index (Phi) is 8.69. The minimum atomic E-state index is -1.05. The number of ketones is 1. The number of nitrogens with two attached hydrogens (primary N) is 1. The summed E-state index contributed by atoms with van der Waals surface area (Å²) in [5.74, 6) is -1.39. The van der Waals surface area contributed by atoms with Crippen LogP contribution in [0.1, 0.15) is 120 Å². The quantitative estimate of drug-likeness (QED) is 0.289. The molecule has 264 valence electrons. The zero-order valence-corrected chi connectivity index (χ0v) is 30.3. The molecule has 6 aliphatic rings. The monoisotopic (exact) mass is 655 g/mol. The lowest BCUT2D eigenvalue weighted by molar-refractivity contribution is -0.268. The summed E-state index contributed by atoms with van der Waals surface area (Å²) in [6, 6.07) is 0. The van der Waals surface area contributed by atoms with E-state index in [9.17, 15) is 19.5 Å². The summed E-state index contributed by atoms with van der Waals surface area (Å²) in [5, 5.41) is 10.9. The molecule has 5 aliphatic carbocycles. The molecular formula is C39H61NO7. The first-order valence-electron chi connectivity index (χ1n) is 18.5. The van der Waals surface area contributed by atoms with E-state index < -0.39 is 45.1 Å². The highest BCUT2D eigenvalue weighted by Crippen LogP contribution is 2.74. The summed E-state index contributed by atoms with van der Waals surface area (Å²) in [7, 11) is 0. The van der Waals surface area contributed by atoms with E-state index in [2.05, 4.69) is 41.5 Å². The number of fused-ring (bicyclic) bond motifs is 3. The van der Waals surface area contributed by atoms with E-state index in [0.29, 0.717) is 32.2 Å². The van der Waals surface area contributed by atoms with Gasteiger partial charge in [-0.05, 0) is 85.5 Å². The van der Waals surface area contributed by atoms with E-state index in [1.807, 2.05) is 13.0 Å². The number of aliphatic carboxylic acids is 1. The van der Waals surface area contributed by atoms with Crippen molar-refractivity contribution in [1.82, 2.24) is 0 Å². The van der Waals surface area contributed by atoms with Gasteiger partial charge in [-0.3, -0.25) is 14.4 Å². The molecule has 11 atom stereocenters.